The Kier molecular flexibility index (Phi) is 7.05. The van der Waals surface area contributed by atoms with E-state index >= 15 is 0 Å². The molecule has 2 N–H and O–H groups in total. The Morgan fingerprint density at radius 2 is 2.16 bits per heavy atom. The van der Waals surface area contributed by atoms with E-state index in [4.69, 9.17) is 0 Å². The number of nitrogens with one attached hydrogen (secondary N) is 2. The van der Waals surface area contributed by atoms with Crippen molar-refractivity contribution in [1.29, 1.82) is 0 Å². The number of fused-ring (bicyclic) bond motifs is 1. The lowest BCUT2D eigenvalue weighted by molar-refractivity contribution is 0.0832. The van der Waals surface area contributed by atoms with E-state index in [1.54, 1.807) is 17.3 Å². The number of unbranched alkanes of at least 4 members (excludes halogenated alkanes) is 2. The van der Waals surface area contributed by atoms with Gasteiger partial charge in [-0.3, -0.25) is 14.4 Å². The van der Waals surface area contributed by atoms with E-state index in [9.17, 15) is 8.78 Å². The van der Waals surface area contributed by atoms with Gasteiger partial charge in [0.25, 0.3) is 6.43 Å². The van der Waals surface area contributed by atoms with E-state index in [-0.39, 0.29) is 6.54 Å². The lowest BCUT2D eigenvalue weighted by atomic mass is 10.2. The summed E-state index contributed by atoms with van der Waals surface area (Å²) in [6, 6.07) is 1.89. The highest BCUT2D eigenvalue weighted by molar-refractivity contribution is 7.10. The van der Waals surface area contributed by atoms with Gasteiger partial charge in [0, 0.05) is 24.5 Å². The molecule has 0 aliphatic heterocycles. The predicted octanol–water partition coefficient (Wildman–Crippen LogP) is 4.89. The number of alkyl halides is 2. The van der Waals surface area contributed by atoms with Crippen LogP contribution in [0, 0.1) is 6.92 Å². The zero-order valence-electron chi connectivity index (χ0n) is 18.1. The van der Waals surface area contributed by atoms with Gasteiger partial charge in [-0.1, -0.05) is 19.8 Å². The number of imidazole rings is 1. The first kappa shape index (κ1) is 22.3. The molecule has 0 saturated heterocycles. The number of rotatable bonds is 11. The van der Waals surface area contributed by atoms with E-state index in [1.807, 2.05) is 29.8 Å². The van der Waals surface area contributed by atoms with E-state index in [0.29, 0.717) is 24.6 Å². The Morgan fingerprint density at radius 1 is 1.28 bits per heavy atom. The number of aryl methyl sites for hydroxylation is 1. The average molecular weight is 461 g/mol. The first-order valence-corrected chi connectivity index (χ1v) is 11.4. The van der Waals surface area contributed by atoms with Crippen LogP contribution in [0.5, 0.6) is 0 Å². The minimum Gasteiger partial charge on any atom is -0.328 e. The smallest absolute Gasteiger partial charge is 0.251 e. The second-order valence-corrected chi connectivity index (χ2v) is 8.50. The first-order chi connectivity index (χ1) is 15.5. The van der Waals surface area contributed by atoms with Crippen molar-refractivity contribution in [1.82, 2.24) is 33.8 Å². The van der Waals surface area contributed by atoms with Gasteiger partial charge in [0.1, 0.15) is 5.00 Å². The van der Waals surface area contributed by atoms with Crippen LogP contribution in [-0.2, 0) is 6.54 Å². The van der Waals surface area contributed by atoms with E-state index in [2.05, 4.69) is 36.8 Å². The molecule has 0 bridgehead atoms. The molecule has 11 heteroatoms. The fourth-order valence-corrected chi connectivity index (χ4v) is 4.26. The molecule has 0 unspecified atom stereocenters. The SMILES string of the molecule is CCCCCN(Cc1cc(Nc2nc(C)cn3c(-c4cn[nH]c4)cnc23)sn1)CC(F)F. The summed E-state index contributed by atoms with van der Waals surface area (Å²) in [5.41, 5.74) is 4.10. The zero-order valence-corrected chi connectivity index (χ0v) is 18.9. The van der Waals surface area contributed by atoms with Crippen LogP contribution >= 0.6 is 11.5 Å². The van der Waals surface area contributed by atoms with Crippen molar-refractivity contribution in [3.63, 3.8) is 0 Å². The lowest BCUT2D eigenvalue weighted by Crippen LogP contribution is -2.29. The highest BCUT2D eigenvalue weighted by Crippen LogP contribution is 2.27. The largest absolute Gasteiger partial charge is 0.328 e. The monoisotopic (exact) mass is 460 g/mol. The second-order valence-electron chi connectivity index (χ2n) is 7.70. The zero-order chi connectivity index (χ0) is 22.5. The van der Waals surface area contributed by atoms with Crippen LogP contribution in [-0.4, -0.2) is 53.4 Å². The first-order valence-electron chi connectivity index (χ1n) is 10.6. The molecule has 4 aromatic heterocycles. The maximum atomic E-state index is 13.0. The summed E-state index contributed by atoms with van der Waals surface area (Å²) in [5.74, 6) is 0.613. The minimum atomic E-state index is -2.36. The minimum absolute atomic E-state index is 0.241. The standard InChI is InChI=1S/C21H26F2N8S/c1-3-4-5-6-30(13-18(22)23)12-16-7-19(32-29-16)28-20-21-24-10-17(15-8-25-26-9-15)31(21)11-14(2)27-20/h7-11,18H,3-6,12-13H2,1-2H3,(H,25,26)(H,27,28). The number of aromatic amines is 1. The Hall–Kier alpha value is -2.92. The Labute approximate surface area is 188 Å². The third kappa shape index (κ3) is 5.28. The number of aromatic nitrogens is 6. The molecule has 0 aliphatic carbocycles. The molecule has 0 aliphatic rings. The van der Waals surface area contributed by atoms with Crippen molar-refractivity contribution in [2.24, 2.45) is 0 Å². The van der Waals surface area contributed by atoms with Gasteiger partial charge in [-0.05, 0) is 37.5 Å². The third-order valence-corrected chi connectivity index (χ3v) is 5.81. The van der Waals surface area contributed by atoms with E-state index in [1.165, 1.54) is 11.5 Å². The van der Waals surface area contributed by atoms with Crippen LogP contribution < -0.4 is 5.32 Å². The average Bonchev–Trinajstić information content (AvgIpc) is 3.48. The van der Waals surface area contributed by atoms with Crippen LogP contribution in [0.2, 0.25) is 0 Å². The molecule has 0 atom stereocenters. The van der Waals surface area contributed by atoms with Gasteiger partial charge in [0.05, 0.1) is 36.0 Å². The molecular formula is C21H26F2N8S. The van der Waals surface area contributed by atoms with Gasteiger partial charge in [-0.15, -0.1) is 0 Å². The van der Waals surface area contributed by atoms with Crippen molar-refractivity contribution in [3.05, 3.63) is 42.2 Å². The number of nitrogens with zero attached hydrogens (tertiary/aromatic N) is 6. The predicted molar refractivity (Wildman–Crippen MR) is 122 cm³/mol. The molecule has 0 aromatic carbocycles. The Morgan fingerprint density at radius 3 is 2.91 bits per heavy atom. The van der Waals surface area contributed by atoms with Crippen molar-refractivity contribution in [2.75, 3.05) is 18.4 Å². The number of H-pyrrole nitrogens is 1. The van der Waals surface area contributed by atoms with Gasteiger partial charge < -0.3 is 5.32 Å². The summed E-state index contributed by atoms with van der Waals surface area (Å²) in [5, 5.41) is 10.9. The maximum absolute atomic E-state index is 13.0. The van der Waals surface area contributed by atoms with Crippen molar-refractivity contribution in [2.45, 2.75) is 46.1 Å². The molecular weight excluding hydrogens is 434 g/mol. The molecule has 4 aromatic rings. The molecule has 4 rings (SSSR count). The lowest BCUT2D eigenvalue weighted by Gasteiger charge is -2.20. The van der Waals surface area contributed by atoms with Crippen LogP contribution in [0.25, 0.3) is 16.9 Å². The summed E-state index contributed by atoms with van der Waals surface area (Å²) in [7, 11) is 0. The quantitative estimate of drug-likeness (QED) is 0.310. The molecule has 0 spiro atoms. The summed E-state index contributed by atoms with van der Waals surface area (Å²) in [4.78, 5) is 10.9. The molecule has 4 heterocycles. The molecule has 8 nitrogen and oxygen atoms in total. The number of halogens is 2. The van der Waals surface area contributed by atoms with Crippen molar-refractivity contribution < 1.29 is 8.78 Å². The molecule has 0 fully saturated rings. The number of anilines is 2. The molecule has 170 valence electrons. The molecule has 0 saturated carbocycles. The van der Waals surface area contributed by atoms with Crippen LogP contribution in [0.4, 0.5) is 19.6 Å². The summed E-state index contributed by atoms with van der Waals surface area (Å²) < 4.78 is 32.4. The maximum Gasteiger partial charge on any atom is 0.251 e. The number of hydrogen-bond donors (Lipinski definition) is 2. The van der Waals surface area contributed by atoms with Gasteiger partial charge in [0.2, 0.25) is 0 Å². The van der Waals surface area contributed by atoms with Crippen molar-refractivity contribution >= 4 is 28.0 Å². The fraction of sp³-hybridized carbons (Fsp3) is 0.429. The summed E-state index contributed by atoms with van der Waals surface area (Å²) >= 11 is 1.29. The van der Waals surface area contributed by atoms with Gasteiger partial charge in [0.15, 0.2) is 11.5 Å². The normalized spacial score (nSPS) is 11.8. The van der Waals surface area contributed by atoms with Crippen molar-refractivity contribution in [3.8, 4) is 11.3 Å². The van der Waals surface area contributed by atoms with Crippen LogP contribution in [0.3, 0.4) is 0 Å². The highest BCUT2D eigenvalue weighted by Gasteiger charge is 2.16. The molecule has 0 amide bonds. The molecule has 0 radical (unpaired) electrons. The Bertz CT molecular complexity index is 1140. The van der Waals surface area contributed by atoms with Crippen LogP contribution in [0.1, 0.15) is 37.6 Å². The second kappa shape index (κ2) is 10.1. The Balaban J connectivity index is 1.51. The third-order valence-electron chi connectivity index (χ3n) is 5.07. The number of hydrogen-bond acceptors (Lipinski definition) is 7. The van der Waals surface area contributed by atoms with Gasteiger partial charge >= 0.3 is 0 Å². The van der Waals surface area contributed by atoms with Gasteiger partial charge in [-0.25, -0.2) is 18.7 Å². The fourth-order valence-electron chi connectivity index (χ4n) is 3.60. The van der Waals surface area contributed by atoms with Crippen LogP contribution in [0.15, 0.2) is 30.9 Å². The topological polar surface area (TPSA) is 87.0 Å². The highest BCUT2D eigenvalue weighted by atomic mass is 32.1. The van der Waals surface area contributed by atoms with E-state index in [0.717, 1.165) is 46.9 Å². The van der Waals surface area contributed by atoms with E-state index < -0.39 is 6.43 Å². The summed E-state index contributed by atoms with van der Waals surface area (Å²) in [6.07, 6.45) is 7.90. The van der Waals surface area contributed by atoms with Gasteiger partial charge in [-0.2, -0.15) is 9.47 Å². The summed E-state index contributed by atoms with van der Waals surface area (Å²) in [6.45, 7) is 4.82. The molecule has 32 heavy (non-hydrogen) atoms.